The topological polar surface area (TPSA) is 34.1 Å². The minimum absolute atomic E-state index is 0.133. The van der Waals surface area contributed by atoms with Gasteiger partial charge in [0.05, 0.1) is 5.92 Å². The summed E-state index contributed by atoms with van der Waals surface area (Å²) in [6.45, 7) is 8.43. The first kappa shape index (κ1) is 12.4. The van der Waals surface area contributed by atoms with Crippen LogP contribution in [-0.2, 0) is 9.59 Å². The number of Topliss-reactive ketones (excluding diaryl/α,β-unsaturated/α-hetero) is 2. The van der Waals surface area contributed by atoms with Crippen LogP contribution in [0.4, 0.5) is 0 Å². The summed E-state index contributed by atoms with van der Waals surface area (Å²) in [6, 6.07) is 0. The van der Waals surface area contributed by atoms with E-state index in [1.54, 1.807) is 0 Å². The SMILES string of the molecule is CCC(=O)C1CC(C(C)(C)C)CCC1=O. The molecule has 2 atom stereocenters. The van der Waals surface area contributed by atoms with E-state index in [0.29, 0.717) is 18.8 Å². The Labute approximate surface area is 92.4 Å². The molecule has 1 aliphatic carbocycles. The van der Waals surface area contributed by atoms with Gasteiger partial charge in [-0.2, -0.15) is 0 Å². The fourth-order valence-corrected chi connectivity index (χ4v) is 2.37. The predicted octanol–water partition coefficient (Wildman–Crippen LogP) is 3.00. The van der Waals surface area contributed by atoms with E-state index in [1.165, 1.54) is 0 Å². The van der Waals surface area contributed by atoms with E-state index < -0.39 is 0 Å². The first-order chi connectivity index (χ1) is 6.86. The zero-order chi connectivity index (χ0) is 11.6. The Morgan fingerprint density at radius 2 is 2.00 bits per heavy atom. The van der Waals surface area contributed by atoms with Crippen molar-refractivity contribution in [2.75, 3.05) is 0 Å². The minimum atomic E-state index is -0.298. The van der Waals surface area contributed by atoms with Crippen molar-refractivity contribution in [3.05, 3.63) is 0 Å². The van der Waals surface area contributed by atoms with Crippen molar-refractivity contribution in [2.45, 2.75) is 53.4 Å². The van der Waals surface area contributed by atoms with E-state index in [1.807, 2.05) is 6.92 Å². The van der Waals surface area contributed by atoms with Gasteiger partial charge in [-0.25, -0.2) is 0 Å². The third-order valence-corrected chi connectivity index (χ3v) is 3.61. The fraction of sp³-hybridized carbons (Fsp3) is 0.846. The molecule has 0 heterocycles. The maximum atomic E-state index is 11.6. The van der Waals surface area contributed by atoms with E-state index in [-0.39, 0.29) is 22.9 Å². The van der Waals surface area contributed by atoms with Crippen molar-refractivity contribution in [2.24, 2.45) is 17.3 Å². The summed E-state index contributed by atoms with van der Waals surface area (Å²) in [7, 11) is 0. The summed E-state index contributed by atoms with van der Waals surface area (Å²) in [6.07, 6.45) is 2.82. The number of rotatable bonds is 2. The molecule has 1 fully saturated rings. The van der Waals surface area contributed by atoms with Crippen LogP contribution in [0.1, 0.15) is 53.4 Å². The van der Waals surface area contributed by atoms with Crippen molar-refractivity contribution in [3.8, 4) is 0 Å². The van der Waals surface area contributed by atoms with Crippen molar-refractivity contribution < 1.29 is 9.59 Å². The smallest absolute Gasteiger partial charge is 0.143 e. The van der Waals surface area contributed by atoms with E-state index in [0.717, 1.165) is 12.8 Å². The molecule has 0 amide bonds. The van der Waals surface area contributed by atoms with Gasteiger partial charge >= 0.3 is 0 Å². The highest BCUT2D eigenvalue weighted by atomic mass is 16.1. The lowest BCUT2D eigenvalue weighted by Crippen LogP contribution is -2.35. The Morgan fingerprint density at radius 3 is 2.47 bits per heavy atom. The highest BCUT2D eigenvalue weighted by Crippen LogP contribution is 2.39. The zero-order valence-corrected chi connectivity index (χ0v) is 10.3. The first-order valence-electron chi connectivity index (χ1n) is 5.91. The molecule has 0 saturated heterocycles. The van der Waals surface area contributed by atoms with Crippen LogP contribution in [0, 0.1) is 17.3 Å². The molecular weight excluding hydrogens is 188 g/mol. The lowest BCUT2D eigenvalue weighted by molar-refractivity contribution is -0.136. The van der Waals surface area contributed by atoms with Gasteiger partial charge in [-0.1, -0.05) is 27.7 Å². The zero-order valence-electron chi connectivity index (χ0n) is 10.3. The number of ketones is 2. The highest BCUT2D eigenvalue weighted by Gasteiger charge is 2.37. The molecule has 1 saturated carbocycles. The van der Waals surface area contributed by atoms with Gasteiger partial charge in [0.15, 0.2) is 0 Å². The number of hydrogen-bond acceptors (Lipinski definition) is 2. The van der Waals surface area contributed by atoms with Crippen molar-refractivity contribution in [3.63, 3.8) is 0 Å². The highest BCUT2D eigenvalue weighted by molar-refractivity contribution is 6.02. The summed E-state index contributed by atoms with van der Waals surface area (Å²) in [5.74, 6) is 0.514. The van der Waals surface area contributed by atoms with Gasteiger partial charge in [-0.3, -0.25) is 9.59 Å². The summed E-state index contributed by atoms with van der Waals surface area (Å²) >= 11 is 0. The normalized spacial score (nSPS) is 27.9. The van der Waals surface area contributed by atoms with Crippen LogP contribution in [-0.4, -0.2) is 11.6 Å². The second-order valence-electron chi connectivity index (χ2n) is 5.68. The minimum Gasteiger partial charge on any atom is -0.299 e. The lowest BCUT2D eigenvalue weighted by Gasteiger charge is -2.36. The molecule has 2 nitrogen and oxygen atoms in total. The molecule has 2 heteroatoms. The molecule has 0 bridgehead atoms. The monoisotopic (exact) mass is 210 g/mol. The largest absolute Gasteiger partial charge is 0.299 e. The summed E-state index contributed by atoms with van der Waals surface area (Å²) < 4.78 is 0. The van der Waals surface area contributed by atoms with E-state index in [9.17, 15) is 9.59 Å². The van der Waals surface area contributed by atoms with Crippen molar-refractivity contribution >= 4 is 11.6 Å². The van der Waals surface area contributed by atoms with Gasteiger partial charge in [0.2, 0.25) is 0 Å². The molecular formula is C13H22O2. The summed E-state index contributed by atoms with van der Waals surface area (Å²) in [5.41, 5.74) is 0.215. The maximum Gasteiger partial charge on any atom is 0.143 e. The molecule has 1 rings (SSSR count). The molecule has 1 aliphatic rings. The molecule has 15 heavy (non-hydrogen) atoms. The molecule has 0 N–H and O–H groups in total. The second-order valence-corrected chi connectivity index (χ2v) is 5.68. The quantitative estimate of drug-likeness (QED) is 0.657. The Morgan fingerprint density at radius 1 is 1.40 bits per heavy atom. The third kappa shape index (κ3) is 2.90. The van der Waals surface area contributed by atoms with Gasteiger partial charge < -0.3 is 0 Å². The first-order valence-corrected chi connectivity index (χ1v) is 5.91. The van der Waals surface area contributed by atoms with Gasteiger partial charge in [-0.15, -0.1) is 0 Å². The molecule has 0 radical (unpaired) electrons. The fourth-order valence-electron chi connectivity index (χ4n) is 2.37. The van der Waals surface area contributed by atoms with Crippen molar-refractivity contribution in [1.82, 2.24) is 0 Å². The van der Waals surface area contributed by atoms with E-state index in [2.05, 4.69) is 20.8 Å². The Balaban J connectivity index is 2.72. The molecule has 0 aromatic heterocycles. The van der Waals surface area contributed by atoms with Crippen LogP contribution < -0.4 is 0 Å². The molecule has 2 unspecified atom stereocenters. The van der Waals surface area contributed by atoms with Crippen LogP contribution in [0.2, 0.25) is 0 Å². The van der Waals surface area contributed by atoms with E-state index >= 15 is 0 Å². The lowest BCUT2D eigenvalue weighted by atomic mass is 9.67. The van der Waals surface area contributed by atoms with Crippen LogP contribution in [0.5, 0.6) is 0 Å². The molecule has 0 spiro atoms. The summed E-state index contributed by atoms with van der Waals surface area (Å²) in [5, 5.41) is 0. The molecule has 0 aromatic carbocycles. The van der Waals surface area contributed by atoms with Crippen molar-refractivity contribution in [1.29, 1.82) is 0 Å². The summed E-state index contributed by atoms with van der Waals surface area (Å²) in [4.78, 5) is 23.3. The average molecular weight is 210 g/mol. The second kappa shape index (κ2) is 4.46. The maximum absolute atomic E-state index is 11.6. The van der Waals surface area contributed by atoms with Crippen LogP contribution >= 0.6 is 0 Å². The van der Waals surface area contributed by atoms with Gasteiger partial charge in [0, 0.05) is 12.8 Å². The van der Waals surface area contributed by atoms with Gasteiger partial charge in [0.25, 0.3) is 0 Å². The Kier molecular flexibility index (Phi) is 3.69. The molecule has 0 aromatic rings. The van der Waals surface area contributed by atoms with Gasteiger partial charge in [-0.05, 0) is 24.2 Å². The number of hydrogen-bond donors (Lipinski definition) is 0. The molecule has 0 aliphatic heterocycles. The Hall–Kier alpha value is -0.660. The third-order valence-electron chi connectivity index (χ3n) is 3.61. The van der Waals surface area contributed by atoms with E-state index in [4.69, 9.17) is 0 Å². The Bertz CT molecular complexity index is 252. The van der Waals surface area contributed by atoms with Crippen LogP contribution in [0.25, 0.3) is 0 Å². The average Bonchev–Trinajstić information content (AvgIpc) is 2.15. The number of carbonyl (C=O) groups is 2. The molecule has 86 valence electrons. The van der Waals surface area contributed by atoms with Crippen LogP contribution in [0.3, 0.4) is 0 Å². The predicted molar refractivity (Wildman–Crippen MR) is 60.6 cm³/mol. The van der Waals surface area contributed by atoms with Crippen LogP contribution in [0.15, 0.2) is 0 Å². The number of carbonyl (C=O) groups excluding carboxylic acids is 2. The van der Waals surface area contributed by atoms with Gasteiger partial charge in [0.1, 0.15) is 11.6 Å². The standard InChI is InChI=1S/C13H22O2/c1-5-11(14)10-8-9(13(2,3)4)6-7-12(10)15/h9-10H,5-8H2,1-4H3.